The van der Waals surface area contributed by atoms with Crippen molar-refractivity contribution >= 4 is 11.6 Å². The Morgan fingerprint density at radius 2 is 1.80 bits per heavy atom. The molecular formula is C16H13F2N5O2. The van der Waals surface area contributed by atoms with Gasteiger partial charge in [-0.1, -0.05) is 0 Å². The first-order chi connectivity index (χ1) is 12.0. The van der Waals surface area contributed by atoms with Crippen LogP contribution in [0.15, 0.2) is 48.5 Å². The van der Waals surface area contributed by atoms with Crippen molar-refractivity contribution < 1.29 is 18.3 Å². The third kappa shape index (κ3) is 3.44. The highest BCUT2D eigenvalue weighted by atomic mass is 19.3. The van der Waals surface area contributed by atoms with E-state index in [1.807, 2.05) is 0 Å². The number of aromatic amines is 1. The summed E-state index contributed by atoms with van der Waals surface area (Å²) in [7, 11) is 1.43. The molecule has 1 aromatic heterocycles. The average molecular weight is 345 g/mol. The lowest BCUT2D eigenvalue weighted by Gasteiger charge is -2.16. The zero-order valence-corrected chi connectivity index (χ0v) is 13.0. The normalized spacial score (nSPS) is 11.2. The Morgan fingerprint density at radius 3 is 2.36 bits per heavy atom. The summed E-state index contributed by atoms with van der Waals surface area (Å²) in [6, 6.07) is 11.2. The number of amides is 1. The minimum Gasteiger partial charge on any atom is -0.497 e. The molecule has 0 radical (unpaired) electrons. The van der Waals surface area contributed by atoms with E-state index in [1.165, 1.54) is 31.4 Å². The number of anilines is 1. The van der Waals surface area contributed by atoms with Crippen LogP contribution < -0.4 is 10.1 Å². The second-order valence-corrected chi connectivity index (χ2v) is 5.07. The Balaban J connectivity index is 1.73. The Labute approximate surface area is 141 Å². The predicted octanol–water partition coefficient (Wildman–Crippen LogP) is 2.61. The Hall–Kier alpha value is -3.36. The number of halogens is 2. The quantitative estimate of drug-likeness (QED) is 0.741. The van der Waals surface area contributed by atoms with Gasteiger partial charge in [-0.05, 0) is 53.7 Å². The summed E-state index contributed by atoms with van der Waals surface area (Å²) < 4.78 is 33.5. The number of ether oxygens (including phenoxy) is 1. The van der Waals surface area contributed by atoms with Crippen LogP contribution in [0.1, 0.15) is 5.56 Å². The van der Waals surface area contributed by atoms with Gasteiger partial charge in [-0.3, -0.25) is 4.79 Å². The van der Waals surface area contributed by atoms with Crippen LogP contribution in [-0.4, -0.2) is 33.6 Å². The molecule has 0 fully saturated rings. The number of carbonyl (C=O) groups is 1. The maximum atomic E-state index is 14.3. The Bertz CT molecular complexity index is 849. The molecule has 0 saturated carbocycles. The minimum absolute atomic E-state index is 0.227. The molecule has 2 aromatic carbocycles. The summed E-state index contributed by atoms with van der Waals surface area (Å²) in [6.07, 6.45) is 0. The van der Waals surface area contributed by atoms with Crippen molar-refractivity contribution in [3.63, 3.8) is 0 Å². The van der Waals surface area contributed by atoms with Gasteiger partial charge in [0.1, 0.15) is 5.75 Å². The van der Waals surface area contributed by atoms with Gasteiger partial charge in [0.15, 0.2) is 0 Å². The molecule has 0 atom stereocenters. The SMILES string of the molecule is COc1ccc(C(F)(F)C(=O)Nc2ccc(-c3nn[nH]n3)cc2)cc1. The number of carbonyl (C=O) groups excluding carboxylic acids is 1. The number of benzene rings is 2. The summed E-state index contributed by atoms with van der Waals surface area (Å²) in [5.41, 5.74) is 0.438. The molecule has 25 heavy (non-hydrogen) atoms. The lowest BCUT2D eigenvalue weighted by atomic mass is 10.1. The topological polar surface area (TPSA) is 92.8 Å². The second-order valence-electron chi connectivity index (χ2n) is 5.07. The Kier molecular flexibility index (Phi) is 4.38. The molecule has 0 unspecified atom stereocenters. The van der Waals surface area contributed by atoms with Crippen LogP contribution in [-0.2, 0) is 10.7 Å². The number of aromatic nitrogens is 4. The molecule has 2 N–H and O–H groups in total. The van der Waals surface area contributed by atoms with Gasteiger partial charge in [-0.25, -0.2) is 0 Å². The number of H-pyrrole nitrogens is 1. The van der Waals surface area contributed by atoms with Crippen LogP contribution in [0.5, 0.6) is 5.75 Å². The fraction of sp³-hybridized carbons (Fsp3) is 0.125. The first-order valence-electron chi connectivity index (χ1n) is 7.18. The third-order valence-electron chi connectivity index (χ3n) is 3.48. The van der Waals surface area contributed by atoms with Crippen molar-refractivity contribution in [1.29, 1.82) is 0 Å². The van der Waals surface area contributed by atoms with E-state index in [1.54, 1.807) is 12.1 Å². The summed E-state index contributed by atoms with van der Waals surface area (Å²) >= 11 is 0. The van der Waals surface area contributed by atoms with Crippen molar-refractivity contribution in [3.05, 3.63) is 54.1 Å². The van der Waals surface area contributed by atoms with Crippen LogP contribution in [0.3, 0.4) is 0 Å². The molecule has 0 aliphatic heterocycles. The standard InChI is InChI=1S/C16H13F2N5O2/c1-25-13-8-4-11(5-9-13)16(17,18)15(24)19-12-6-2-10(3-7-12)14-20-22-23-21-14/h2-9H,1H3,(H,19,24)(H,20,21,22,23). The smallest absolute Gasteiger partial charge is 0.350 e. The highest BCUT2D eigenvalue weighted by Crippen LogP contribution is 2.31. The zero-order valence-electron chi connectivity index (χ0n) is 13.0. The molecule has 0 spiro atoms. The first kappa shape index (κ1) is 16.5. The maximum Gasteiger partial charge on any atom is 0.350 e. The zero-order chi connectivity index (χ0) is 17.9. The molecule has 128 valence electrons. The van der Waals surface area contributed by atoms with E-state index in [4.69, 9.17) is 4.74 Å². The molecule has 0 saturated heterocycles. The molecule has 0 bridgehead atoms. The van der Waals surface area contributed by atoms with Gasteiger partial charge in [0.25, 0.3) is 5.91 Å². The van der Waals surface area contributed by atoms with Crippen molar-refractivity contribution in [3.8, 4) is 17.1 Å². The highest BCUT2D eigenvalue weighted by molar-refractivity contribution is 5.96. The van der Waals surface area contributed by atoms with Crippen LogP contribution >= 0.6 is 0 Å². The Morgan fingerprint density at radius 1 is 1.12 bits per heavy atom. The van der Waals surface area contributed by atoms with E-state index in [-0.39, 0.29) is 5.69 Å². The van der Waals surface area contributed by atoms with Gasteiger partial charge in [-0.2, -0.15) is 14.0 Å². The summed E-state index contributed by atoms with van der Waals surface area (Å²) in [5.74, 6) is -4.32. The van der Waals surface area contributed by atoms with Crippen molar-refractivity contribution in [2.24, 2.45) is 0 Å². The van der Waals surface area contributed by atoms with Crippen LogP contribution in [0, 0.1) is 0 Å². The summed E-state index contributed by atoms with van der Waals surface area (Å²) in [4.78, 5) is 12.0. The molecule has 0 aliphatic carbocycles. The summed E-state index contributed by atoms with van der Waals surface area (Å²) in [6.45, 7) is 0. The number of nitrogens with zero attached hydrogens (tertiary/aromatic N) is 3. The molecule has 3 rings (SSSR count). The van der Waals surface area contributed by atoms with Crippen LogP contribution in [0.25, 0.3) is 11.4 Å². The number of hydrogen-bond donors (Lipinski definition) is 2. The van der Waals surface area contributed by atoms with Gasteiger partial charge >= 0.3 is 5.92 Å². The number of nitrogens with one attached hydrogen (secondary N) is 2. The second kappa shape index (κ2) is 6.63. The maximum absolute atomic E-state index is 14.3. The van der Waals surface area contributed by atoms with E-state index in [0.29, 0.717) is 17.1 Å². The number of alkyl halides is 2. The molecule has 1 heterocycles. The lowest BCUT2D eigenvalue weighted by molar-refractivity contribution is -0.140. The van der Waals surface area contributed by atoms with Gasteiger partial charge in [0.05, 0.1) is 7.11 Å². The van der Waals surface area contributed by atoms with Gasteiger partial charge in [-0.15, -0.1) is 10.2 Å². The molecule has 1 amide bonds. The van der Waals surface area contributed by atoms with E-state index in [2.05, 4.69) is 25.9 Å². The fourth-order valence-corrected chi connectivity index (χ4v) is 2.13. The molecule has 3 aromatic rings. The molecule has 0 aliphatic rings. The van der Waals surface area contributed by atoms with Crippen molar-refractivity contribution in [2.75, 3.05) is 12.4 Å². The number of methoxy groups -OCH3 is 1. The highest BCUT2D eigenvalue weighted by Gasteiger charge is 2.40. The number of hydrogen-bond acceptors (Lipinski definition) is 5. The van der Waals surface area contributed by atoms with E-state index in [9.17, 15) is 13.6 Å². The fourth-order valence-electron chi connectivity index (χ4n) is 2.13. The summed E-state index contributed by atoms with van der Waals surface area (Å²) in [5, 5.41) is 15.6. The van der Waals surface area contributed by atoms with Crippen molar-refractivity contribution in [1.82, 2.24) is 20.6 Å². The number of rotatable bonds is 5. The predicted molar refractivity (Wildman–Crippen MR) is 85.1 cm³/mol. The van der Waals surface area contributed by atoms with E-state index in [0.717, 1.165) is 12.1 Å². The van der Waals surface area contributed by atoms with E-state index >= 15 is 0 Å². The average Bonchev–Trinajstić information content (AvgIpc) is 3.17. The molecule has 9 heteroatoms. The van der Waals surface area contributed by atoms with Crippen LogP contribution in [0.2, 0.25) is 0 Å². The molecular weight excluding hydrogens is 332 g/mol. The first-order valence-corrected chi connectivity index (χ1v) is 7.18. The van der Waals surface area contributed by atoms with Gasteiger partial charge in [0, 0.05) is 16.8 Å². The molecule has 7 nitrogen and oxygen atoms in total. The largest absolute Gasteiger partial charge is 0.497 e. The number of tetrazole rings is 1. The lowest BCUT2D eigenvalue weighted by Crippen LogP contribution is -2.32. The van der Waals surface area contributed by atoms with Crippen molar-refractivity contribution in [2.45, 2.75) is 5.92 Å². The van der Waals surface area contributed by atoms with Gasteiger partial charge in [0.2, 0.25) is 5.82 Å². The third-order valence-corrected chi connectivity index (χ3v) is 3.48. The minimum atomic E-state index is -3.68. The van der Waals surface area contributed by atoms with E-state index < -0.39 is 17.4 Å². The van der Waals surface area contributed by atoms with Gasteiger partial charge < -0.3 is 10.1 Å². The monoisotopic (exact) mass is 345 g/mol. The van der Waals surface area contributed by atoms with Crippen LogP contribution in [0.4, 0.5) is 14.5 Å².